The minimum atomic E-state index is -0.200. The summed E-state index contributed by atoms with van der Waals surface area (Å²) in [7, 11) is 0. The van der Waals surface area contributed by atoms with Crippen LogP contribution in [0.15, 0.2) is 11.6 Å². The number of cyclic esters (lactones) is 1. The van der Waals surface area contributed by atoms with Crippen LogP contribution in [0, 0.1) is 45.8 Å². The van der Waals surface area contributed by atoms with Crippen molar-refractivity contribution in [3.63, 3.8) is 0 Å². The first-order valence-corrected chi connectivity index (χ1v) is 4.52. The van der Waals surface area contributed by atoms with E-state index in [4.69, 9.17) is 9.84 Å². The molecule has 0 amide bonds. The van der Waals surface area contributed by atoms with Crippen LogP contribution in [-0.2, 0) is 9.53 Å². The molecule has 3 nitrogen and oxygen atoms in total. The van der Waals surface area contributed by atoms with E-state index >= 15 is 0 Å². The predicted octanol–water partition coefficient (Wildman–Crippen LogP) is 1.27. The summed E-state index contributed by atoms with van der Waals surface area (Å²) in [4.78, 5) is 11.0. The standard InChI is InChI=1S/C10H16O3.Sm/c1-10(2,7-11)5-3-8-4-6-13-9(8)12;/h3,11H,4-7H2,1-2H3;/b8-3-;. The molecule has 0 spiro atoms. The molecule has 0 aromatic carbocycles. The van der Waals surface area contributed by atoms with E-state index in [2.05, 4.69) is 0 Å². The summed E-state index contributed by atoms with van der Waals surface area (Å²) < 4.78 is 4.79. The van der Waals surface area contributed by atoms with Gasteiger partial charge in [-0.25, -0.2) is 4.79 Å². The zero-order valence-electron chi connectivity index (χ0n) is 8.58. The van der Waals surface area contributed by atoms with Crippen LogP contribution < -0.4 is 0 Å². The van der Waals surface area contributed by atoms with Gasteiger partial charge in [-0.1, -0.05) is 19.9 Å². The molecule has 0 radical (unpaired) electrons. The Balaban J connectivity index is 0.00000169. The Kier molecular flexibility index (Phi) is 6.39. The summed E-state index contributed by atoms with van der Waals surface area (Å²) in [5.41, 5.74) is 0.608. The number of allylic oxidation sites excluding steroid dienone is 1. The smallest absolute Gasteiger partial charge is 0.333 e. The molecule has 0 unspecified atom stereocenters. The predicted molar refractivity (Wildman–Crippen MR) is 49.1 cm³/mol. The average Bonchev–Trinajstić information content (AvgIpc) is 2.48. The normalized spacial score (nSPS) is 19.4. The minimum absolute atomic E-state index is 0. The fraction of sp³-hybridized carbons (Fsp3) is 0.700. The number of carbonyl (C=O) groups is 1. The summed E-state index contributed by atoms with van der Waals surface area (Å²) in [6.45, 7) is 4.56. The number of ether oxygens (including phenoxy) is 1. The van der Waals surface area contributed by atoms with Gasteiger partial charge in [0, 0.05) is 59.0 Å². The fourth-order valence-electron chi connectivity index (χ4n) is 1.10. The van der Waals surface area contributed by atoms with Crippen molar-refractivity contribution in [3.8, 4) is 0 Å². The van der Waals surface area contributed by atoms with Gasteiger partial charge in [-0.2, -0.15) is 0 Å². The van der Waals surface area contributed by atoms with E-state index in [-0.39, 0.29) is 58.4 Å². The van der Waals surface area contributed by atoms with Crippen molar-refractivity contribution >= 4 is 5.97 Å². The summed E-state index contributed by atoms with van der Waals surface area (Å²) >= 11 is 0. The largest absolute Gasteiger partial charge is 0.462 e. The van der Waals surface area contributed by atoms with Gasteiger partial charge in [-0.05, 0) is 11.8 Å². The first kappa shape index (κ1) is 14.5. The molecule has 1 aliphatic heterocycles. The van der Waals surface area contributed by atoms with Crippen molar-refractivity contribution in [1.82, 2.24) is 0 Å². The first-order chi connectivity index (χ1) is 6.05. The van der Waals surface area contributed by atoms with Gasteiger partial charge in [-0.3, -0.25) is 0 Å². The Morgan fingerprint density at radius 3 is 2.64 bits per heavy atom. The van der Waals surface area contributed by atoms with Crippen LogP contribution in [0.5, 0.6) is 0 Å². The van der Waals surface area contributed by atoms with Crippen molar-refractivity contribution in [1.29, 1.82) is 0 Å². The Hall–Kier alpha value is 0.508. The molecule has 0 aromatic rings. The van der Waals surface area contributed by atoms with E-state index in [1.54, 1.807) is 0 Å². The van der Waals surface area contributed by atoms with E-state index in [1.165, 1.54) is 0 Å². The summed E-state index contributed by atoms with van der Waals surface area (Å²) in [5.74, 6) is -0.200. The molecule has 0 saturated carbocycles. The molecule has 1 fully saturated rings. The van der Waals surface area contributed by atoms with Crippen LogP contribution in [0.3, 0.4) is 0 Å². The second-order valence-electron chi connectivity index (χ2n) is 4.14. The van der Waals surface area contributed by atoms with Gasteiger partial charge in [0.1, 0.15) is 0 Å². The molecule has 14 heavy (non-hydrogen) atoms. The van der Waals surface area contributed by atoms with Gasteiger partial charge in [0.25, 0.3) is 0 Å². The third-order valence-corrected chi connectivity index (χ3v) is 2.20. The minimum Gasteiger partial charge on any atom is -0.462 e. The van der Waals surface area contributed by atoms with Crippen LogP contribution in [0.4, 0.5) is 0 Å². The Bertz CT molecular complexity index is 234. The van der Waals surface area contributed by atoms with E-state index < -0.39 is 0 Å². The third kappa shape index (κ3) is 4.35. The van der Waals surface area contributed by atoms with E-state index in [1.807, 2.05) is 19.9 Å². The second-order valence-corrected chi connectivity index (χ2v) is 4.14. The van der Waals surface area contributed by atoms with Crippen LogP contribution in [-0.4, -0.2) is 24.3 Å². The number of esters is 1. The topological polar surface area (TPSA) is 46.5 Å². The van der Waals surface area contributed by atoms with Crippen LogP contribution >= 0.6 is 0 Å². The molecule has 0 aliphatic carbocycles. The molecule has 4 heteroatoms. The monoisotopic (exact) mass is 336 g/mol. The summed E-state index contributed by atoms with van der Waals surface area (Å²) in [6.07, 6.45) is 3.31. The van der Waals surface area contributed by atoms with E-state index in [9.17, 15) is 4.79 Å². The molecule has 1 saturated heterocycles. The Labute approximate surface area is 117 Å². The molecular formula is C10H16O3Sm. The Morgan fingerprint density at radius 2 is 2.21 bits per heavy atom. The zero-order valence-corrected chi connectivity index (χ0v) is 11.2. The fourth-order valence-corrected chi connectivity index (χ4v) is 1.10. The summed E-state index contributed by atoms with van der Waals surface area (Å²) in [6, 6.07) is 0. The van der Waals surface area contributed by atoms with Gasteiger partial charge in [0.2, 0.25) is 0 Å². The molecule has 0 bridgehead atoms. The average molecular weight is 335 g/mol. The molecule has 1 N–H and O–H groups in total. The number of aliphatic hydroxyl groups is 1. The van der Waals surface area contributed by atoms with Gasteiger partial charge in [-0.15, -0.1) is 0 Å². The number of carbonyl (C=O) groups excluding carboxylic acids is 1. The maximum atomic E-state index is 11.0. The van der Waals surface area contributed by atoms with Gasteiger partial charge >= 0.3 is 5.97 Å². The molecular weight excluding hydrogens is 318 g/mol. The van der Waals surface area contributed by atoms with Crippen molar-refractivity contribution in [3.05, 3.63) is 11.6 Å². The van der Waals surface area contributed by atoms with Crippen molar-refractivity contribution in [2.24, 2.45) is 5.41 Å². The number of hydrogen-bond donors (Lipinski definition) is 1. The van der Waals surface area contributed by atoms with Crippen molar-refractivity contribution < 1.29 is 55.0 Å². The van der Waals surface area contributed by atoms with Gasteiger partial charge < -0.3 is 9.84 Å². The number of aliphatic hydroxyl groups excluding tert-OH is 1. The summed E-state index contributed by atoms with van der Waals surface area (Å²) in [5, 5.41) is 8.99. The molecule has 0 aromatic heterocycles. The molecule has 0 atom stereocenters. The second kappa shape index (κ2) is 6.17. The van der Waals surface area contributed by atoms with E-state index in [0.717, 1.165) is 5.57 Å². The van der Waals surface area contributed by atoms with Crippen LogP contribution in [0.1, 0.15) is 26.7 Å². The first-order valence-electron chi connectivity index (χ1n) is 4.52. The molecule has 1 heterocycles. The molecule has 1 aliphatic rings. The zero-order chi connectivity index (χ0) is 9.90. The van der Waals surface area contributed by atoms with Crippen LogP contribution in [0.25, 0.3) is 0 Å². The molecule has 1 rings (SSSR count). The van der Waals surface area contributed by atoms with Gasteiger partial charge in [0.15, 0.2) is 0 Å². The molecule has 80 valence electrons. The van der Waals surface area contributed by atoms with Gasteiger partial charge in [0.05, 0.1) is 6.61 Å². The third-order valence-electron chi connectivity index (χ3n) is 2.20. The quantitative estimate of drug-likeness (QED) is 0.624. The Morgan fingerprint density at radius 1 is 1.57 bits per heavy atom. The number of hydrogen-bond acceptors (Lipinski definition) is 3. The number of rotatable bonds is 3. The van der Waals surface area contributed by atoms with E-state index in [0.29, 0.717) is 19.4 Å². The van der Waals surface area contributed by atoms with Crippen LogP contribution in [0.2, 0.25) is 0 Å². The van der Waals surface area contributed by atoms with Crippen molar-refractivity contribution in [2.75, 3.05) is 13.2 Å². The maximum Gasteiger partial charge on any atom is 0.333 e. The van der Waals surface area contributed by atoms with Crippen molar-refractivity contribution in [2.45, 2.75) is 26.7 Å². The SMILES string of the molecule is CC(C)(CO)C/C=C1/CCOC1=O.[Sm]. The maximum absolute atomic E-state index is 11.0.